The first-order valence-corrected chi connectivity index (χ1v) is 10.6. The van der Waals surface area contributed by atoms with Crippen molar-refractivity contribution in [2.75, 3.05) is 5.75 Å². The SMILES string of the molecule is O=S(=O)(CCCCn1c2ccccc2c2ccccc21)c1ccccc1. The van der Waals surface area contributed by atoms with Crippen molar-refractivity contribution < 1.29 is 8.42 Å². The maximum atomic E-state index is 12.4. The van der Waals surface area contributed by atoms with Crippen LogP contribution in [0.2, 0.25) is 0 Å². The average molecular weight is 363 g/mol. The number of aryl methyl sites for hydroxylation is 1. The predicted octanol–water partition coefficient (Wildman–Crippen LogP) is 5.05. The van der Waals surface area contributed by atoms with Crippen LogP contribution in [-0.2, 0) is 16.4 Å². The molecule has 0 bridgehead atoms. The van der Waals surface area contributed by atoms with Gasteiger partial charge in [-0.15, -0.1) is 0 Å². The quantitative estimate of drug-likeness (QED) is 0.450. The zero-order valence-corrected chi connectivity index (χ0v) is 15.3. The third kappa shape index (κ3) is 3.13. The second-order valence-electron chi connectivity index (χ2n) is 6.52. The monoisotopic (exact) mass is 363 g/mol. The van der Waals surface area contributed by atoms with Gasteiger partial charge in [0.25, 0.3) is 0 Å². The van der Waals surface area contributed by atoms with E-state index >= 15 is 0 Å². The molecule has 0 atom stereocenters. The van der Waals surface area contributed by atoms with Crippen LogP contribution < -0.4 is 0 Å². The fourth-order valence-corrected chi connectivity index (χ4v) is 4.94. The van der Waals surface area contributed by atoms with Crippen LogP contribution >= 0.6 is 0 Å². The van der Waals surface area contributed by atoms with Gasteiger partial charge in [0.1, 0.15) is 0 Å². The lowest BCUT2D eigenvalue weighted by atomic mass is 10.2. The third-order valence-electron chi connectivity index (χ3n) is 4.83. The molecule has 4 heteroatoms. The van der Waals surface area contributed by atoms with Gasteiger partial charge in [-0.2, -0.15) is 0 Å². The molecule has 4 aromatic rings. The van der Waals surface area contributed by atoms with Gasteiger partial charge in [-0.1, -0.05) is 54.6 Å². The van der Waals surface area contributed by atoms with Gasteiger partial charge in [-0.25, -0.2) is 8.42 Å². The van der Waals surface area contributed by atoms with Crippen LogP contribution in [-0.4, -0.2) is 18.7 Å². The summed E-state index contributed by atoms with van der Waals surface area (Å²) in [5.74, 6) is 0.189. The highest BCUT2D eigenvalue weighted by molar-refractivity contribution is 7.91. The number of hydrogen-bond acceptors (Lipinski definition) is 2. The smallest absolute Gasteiger partial charge is 0.178 e. The lowest BCUT2D eigenvalue weighted by Gasteiger charge is -2.08. The molecule has 0 aliphatic rings. The van der Waals surface area contributed by atoms with Crippen LogP contribution in [0, 0.1) is 0 Å². The largest absolute Gasteiger partial charge is 0.340 e. The number of benzene rings is 3. The van der Waals surface area contributed by atoms with Crippen molar-refractivity contribution in [3.05, 3.63) is 78.9 Å². The topological polar surface area (TPSA) is 39.1 Å². The number of fused-ring (bicyclic) bond motifs is 3. The Kier molecular flexibility index (Phi) is 4.51. The number of hydrogen-bond donors (Lipinski definition) is 0. The molecule has 0 aliphatic carbocycles. The van der Waals surface area contributed by atoms with E-state index in [4.69, 9.17) is 0 Å². The molecule has 0 aliphatic heterocycles. The maximum Gasteiger partial charge on any atom is 0.178 e. The highest BCUT2D eigenvalue weighted by Crippen LogP contribution is 2.29. The molecule has 132 valence electrons. The van der Waals surface area contributed by atoms with Crippen LogP contribution in [0.25, 0.3) is 21.8 Å². The van der Waals surface area contributed by atoms with Gasteiger partial charge >= 0.3 is 0 Å². The first-order valence-electron chi connectivity index (χ1n) is 8.90. The van der Waals surface area contributed by atoms with Crippen molar-refractivity contribution in [1.82, 2.24) is 4.57 Å². The second-order valence-corrected chi connectivity index (χ2v) is 8.63. The van der Waals surface area contributed by atoms with Crippen LogP contribution in [0.3, 0.4) is 0 Å². The molecule has 0 fully saturated rings. The predicted molar refractivity (Wildman–Crippen MR) is 107 cm³/mol. The molecule has 1 heterocycles. The molecule has 3 nitrogen and oxygen atoms in total. The van der Waals surface area contributed by atoms with Gasteiger partial charge in [-0.05, 0) is 37.1 Å². The van der Waals surface area contributed by atoms with Crippen LogP contribution in [0.15, 0.2) is 83.8 Å². The minimum Gasteiger partial charge on any atom is -0.340 e. The molecule has 1 aromatic heterocycles. The van der Waals surface area contributed by atoms with Gasteiger partial charge in [-0.3, -0.25) is 0 Å². The number of aromatic nitrogens is 1. The van der Waals surface area contributed by atoms with E-state index in [9.17, 15) is 8.42 Å². The zero-order valence-electron chi connectivity index (χ0n) is 14.5. The molecular formula is C22H21NO2S. The molecule has 4 rings (SSSR count). The van der Waals surface area contributed by atoms with Crippen molar-refractivity contribution in [2.24, 2.45) is 0 Å². The molecule has 0 N–H and O–H groups in total. The number of unbranched alkanes of at least 4 members (excludes halogenated alkanes) is 1. The van der Waals surface area contributed by atoms with Gasteiger partial charge in [0.05, 0.1) is 10.6 Å². The summed E-state index contributed by atoms with van der Waals surface area (Å²) in [5.41, 5.74) is 2.42. The van der Waals surface area contributed by atoms with Crippen molar-refractivity contribution >= 4 is 31.6 Å². The molecule has 0 amide bonds. The first kappa shape index (κ1) is 16.9. The molecule has 0 saturated heterocycles. The van der Waals surface area contributed by atoms with E-state index in [1.54, 1.807) is 24.3 Å². The lowest BCUT2D eigenvalue weighted by Crippen LogP contribution is -2.08. The Morgan fingerprint density at radius 3 is 1.81 bits per heavy atom. The molecule has 0 spiro atoms. The number of rotatable bonds is 6. The van der Waals surface area contributed by atoms with E-state index in [0.717, 1.165) is 13.0 Å². The standard InChI is InChI=1S/C22H21NO2S/c24-26(25,18-10-2-1-3-11-18)17-9-8-16-23-21-14-6-4-12-19(21)20-13-5-7-15-22(20)23/h1-7,10-15H,8-9,16-17H2. The number of nitrogens with zero attached hydrogens (tertiary/aromatic N) is 1. The Morgan fingerprint density at radius 2 is 1.19 bits per heavy atom. The van der Waals surface area contributed by atoms with Gasteiger partial charge in [0.2, 0.25) is 0 Å². The van der Waals surface area contributed by atoms with Crippen molar-refractivity contribution in [3.8, 4) is 0 Å². The highest BCUT2D eigenvalue weighted by Gasteiger charge is 2.14. The zero-order chi connectivity index (χ0) is 18.0. The summed E-state index contributed by atoms with van der Waals surface area (Å²) in [4.78, 5) is 0.414. The van der Waals surface area contributed by atoms with E-state index in [1.165, 1.54) is 21.8 Å². The molecule has 26 heavy (non-hydrogen) atoms. The van der Waals surface area contributed by atoms with Crippen molar-refractivity contribution in [3.63, 3.8) is 0 Å². The van der Waals surface area contributed by atoms with Gasteiger partial charge < -0.3 is 4.57 Å². The summed E-state index contributed by atoms with van der Waals surface area (Å²) in [6, 6.07) is 25.5. The Labute approximate surface area is 153 Å². The fourth-order valence-electron chi connectivity index (χ4n) is 3.55. The maximum absolute atomic E-state index is 12.4. The third-order valence-corrected chi connectivity index (χ3v) is 6.64. The molecule has 0 saturated carbocycles. The van der Waals surface area contributed by atoms with Crippen molar-refractivity contribution in [1.29, 1.82) is 0 Å². The van der Waals surface area contributed by atoms with Crippen LogP contribution in [0.1, 0.15) is 12.8 Å². The molecular weight excluding hydrogens is 342 g/mol. The highest BCUT2D eigenvalue weighted by atomic mass is 32.2. The summed E-state index contributed by atoms with van der Waals surface area (Å²) in [6.07, 6.45) is 1.48. The number of para-hydroxylation sites is 2. The van der Waals surface area contributed by atoms with Gasteiger partial charge in [0.15, 0.2) is 9.84 Å². The van der Waals surface area contributed by atoms with E-state index < -0.39 is 9.84 Å². The normalized spacial score (nSPS) is 12.0. The van der Waals surface area contributed by atoms with E-state index in [0.29, 0.717) is 11.3 Å². The van der Waals surface area contributed by atoms with Crippen molar-refractivity contribution in [2.45, 2.75) is 24.3 Å². The van der Waals surface area contributed by atoms with E-state index in [2.05, 4.69) is 53.1 Å². The summed E-state index contributed by atoms with van der Waals surface area (Å²) in [5, 5.41) is 2.50. The summed E-state index contributed by atoms with van der Waals surface area (Å²) in [6.45, 7) is 0.818. The van der Waals surface area contributed by atoms with Crippen LogP contribution in [0.4, 0.5) is 0 Å². The van der Waals surface area contributed by atoms with Crippen LogP contribution in [0.5, 0.6) is 0 Å². The second kappa shape index (κ2) is 6.96. The summed E-state index contributed by atoms with van der Waals surface area (Å²) < 4.78 is 27.1. The summed E-state index contributed by atoms with van der Waals surface area (Å²) in [7, 11) is -3.20. The Morgan fingerprint density at radius 1 is 0.654 bits per heavy atom. The van der Waals surface area contributed by atoms with E-state index in [-0.39, 0.29) is 5.75 Å². The minimum absolute atomic E-state index is 0.189. The Hall–Kier alpha value is -2.59. The number of sulfone groups is 1. The molecule has 3 aromatic carbocycles. The van der Waals surface area contributed by atoms with Gasteiger partial charge in [0, 0.05) is 28.4 Å². The van der Waals surface area contributed by atoms with E-state index in [1.807, 2.05) is 6.07 Å². The minimum atomic E-state index is -3.20. The first-order chi connectivity index (χ1) is 12.7. The average Bonchev–Trinajstić information content (AvgIpc) is 3.00. The Balaban J connectivity index is 1.52. The lowest BCUT2D eigenvalue weighted by molar-refractivity contribution is 0.586. The Bertz CT molecular complexity index is 1090. The molecule has 0 unspecified atom stereocenters. The fraction of sp³-hybridized carbons (Fsp3) is 0.182. The summed E-state index contributed by atoms with van der Waals surface area (Å²) >= 11 is 0. The molecule has 0 radical (unpaired) electrons.